The van der Waals surface area contributed by atoms with Crippen LogP contribution >= 0.6 is 15.9 Å². The van der Waals surface area contributed by atoms with Crippen LogP contribution in [0, 0.1) is 0 Å². The minimum atomic E-state index is 0.498. The predicted octanol–water partition coefficient (Wildman–Crippen LogP) is 2.17. The molecule has 2 N–H and O–H groups in total. The second-order valence-electron chi connectivity index (χ2n) is 3.17. The number of halogens is 1. The fourth-order valence-electron chi connectivity index (χ4n) is 1.46. The fraction of sp³-hybridized carbons (Fsp3) is 0.200. The summed E-state index contributed by atoms with van der Waals surface area (Å²) < 4.78 is 2.77. The van der Waals surface area contributed by atoms with E-state index in [0.717, 1.165) is 22.3 Å². The Morgan fingerprint density at radius 1 is 1.47 bits per heavy atom. The first-order chi connectivity index (χ1) is 7.22. The van der Waals surface area contributed by atoms with Crippen LogP contribution in [0.25, 0.3) is 5.69 Å². The van der Waals surface area contributed by atoms with Gasteiger partial charge < -0.3 is 5.73 Å². The summed E-state index contributed by atoms with van der Waals surface area (Å²) in [5.41, 5.74) is 7.62. The molecule has 4 nitrogen and oxygen atoms in total. The summed E-state index contributed by atoms with van der Waals surface area (Å²) >= 11 is 3.42. The van der Waals surface area contributed by atoms with E-state index in [0.29, 0.717) is 5.82 Å². The highest BCUT2D eigenvalue weighted by atomic mass is 79.9. The Balaban J connectivity index is 2.54. The molecule has 15 heavy (non-hydrogen) atoms. The summed E-state index contributed by atoms with van der Waals surface area (Å²) in [6, 6.07) is 7.87. The van der Waals surface area contributed by atoms with Crippen LogP contribution in [0.1, 0.15) is 12.6 Å². The lowest BCUT2D eigenvalue weighted by atomic mass is 10.3. The summed E-state index contributed by atoms with van der Waals surface area (Å²) in [7, 11) is 0. The molecule has 0 atom stereocenters. The smallest absolute Gasteiger partial charge is 0.169 e. The molecule has 2 aromatic rings. The number of hydrogen-bond donors (Lipinski definition) is 1. The van der Waals surface area contributed by atoms with Gasteiger partial charge in [-0.05, 0) is 24.6 Å². The van der Waals surface area contributed by atoms with Crippen molar-refractivity contribution in [3.63, 3.8) is 0 Å². The highest BCUT2D eigenvalue weighted by Gasteiger charge is 2.09. The molecule has 0 saturated heterocycles. The van der Waals surface area contributed by atoms with Gasteiger partial charge in [0.05, 0.1) is 11.4 Å². The third kappa shape index (κ3) is 1.87. The van der Waals surface area contributed by atoms with E-state index in [1.165, 1.54) is 0 Å². The van der Waals surface area contributed by atoms with Gasteiger partial charge in [0, 0.05) is 4.47 Å². The second-order valence-corrected chi connectivity index (χ2v) is 4.08. The molecular weight excluding hydrogens is 256 g/mol. The van der Waals surface area contributed by atoms with E-state index in [9.17, 15) is 0 Å². The molecule has 0 spiro atoms. The second kappa shape index (κ2) is 4.02. The van der Waals surface area contributed by atoms with Crippen molar-refractivity contribution in [2.24, 2.45) is 0 Å². The van der Waals surface area contributed by atoms with Gasteiger partial charge in [-0.1, -0.05) is 34.1 Å². The predicted molar refractivity (Wildman–Crippen MR) is 62.8 cm³/mol. The third-order valence-electron chi connectivity index (χ3n) is 2.18. The normalized spacial score (nSPS) is 10.5. The number of anilines is 1. The number of nitrogen functional groups attached to an aromatic ring is 1. The molecule has 1 aromatic heterocycles. The van der Waals surface area contributed by atoms with Crippen molar-refractivity contribution in [1.29, 1.82) is 0 Å². The summed E-state index contributed by atoms with van der Waals surface area (Å²) in [5.74, 6) is 0.498. The summed E-state index contributed by atoms with van der Waals surface area (Å²) in [6.45, 7) is 2.03. The van der Waals surface area contributed by atoms with E-state index in [-0.39, 0.29) is 0 Å². The molecule has 0 aliphatic heterocycles. The average molecular weight is 267 g/mol. The van der Waals surface area contributed by atoms with Gasteiger partial charge in [0.25, 0.3) is 0 Å². The highest BCUT2D eigenvalue weighted by molar-refractivity contribution is 9.10. The third-order valence-corrected chi connectivity index (χ3v) is 2.67. The first-order valence-electron chi connectivity index (χ1n) is 4.68. The Labute approximate surface area is 96.2 Å². The quantitative estimate of drug-likeness (QED) is 0.907. The van der Waals surface area contributed by atoms with Crippen LogP contribution in [0.4, 0.5) is 5.82 Å². The molecule has 0 fully saturated rings. The van der Waals surface area contributed by atoms with E-state index >= 15 is 0 Å². The lowest BCUT2D eigenvalue weighted by Crippen LogP contribution is -2.02. The largest absolute Gasteiger partial charge is 0.381 e. The van der Waals surface area contributed by atoms with Crippen LogP contribution in [0.15, 0.2) is 28.7 Å². The van der Waals surface area contributed by atoms with Crippen molar-refractivity contribution in [2.75, 3.05) is 5.73 Å². The first kappa shape index (κ1) is 10.2. The summed E-state index contributed by atoms with van der Waals surface area (Å²) in [6.07, 6.45) is 0.811. The molecule has 5 heteroatoms. The molecule has 0 saturated carbocycles. The average Bonchev–Trinajstić information content (AvgIpc) is 2.59. The SMILES string of the molecule is CCc1c(N)nnn1-c1cccc(Br)c1. The van der Waals surface area contributed by atoms with Gasteiger partial charge in [-0.15, -0.1) is 5.10 Å². The van der Waals surface area contributed by atoms with Crippen molar-refractivity contribution < 1.29 is 0 Å². The highest BCUT2D eigenvalue weighted by Crippen LogP contribution is 2.18. The standard InChI is InChI=1S/C10H11BrN4/c1-2-9-10(12)13-14-15(9)8-5-3-4-7(11)6-8/h3-6H,2,12H2,1H3. The maximum Gasteiger partial charge on any atom is 0.169 e. The zero-order valence-electron chi connectivity index (χ0n) is 8.31. The minimum Gasteiger partial charge on any atom is -0.381 e. The number of benzene rings is 1. The van der Waals surface area contributed by atoms with Crippen molar-refractivity contribution in [2.45, 2.75) is 13.3 Å². The zero-order valence-corrected chi connectivity index (χ0v) is 9.90. The number of hydrogen-bond acceptors (Lipinski definition) is 3. The van der Waals surface area contributed by atoms with Gasteiger partial charge in [-0.2, -0.15) is 0 Å². The number of rotatable bonds is 2. The van der Waals surface area contributed by atoms with E-state index in [1.807, 2.05) is 31.2 Å². The Morgan fingerprint density at radius 3 is 2.93 bits per heavy atom. The molecule has 0 radical (unpaired) electrons. The lowest BCUT2D eigenvalue weighted by molar-refractivity contribution is 0.767. The first-order valence-corrected chi connectivity index (χ1v) is 5.47. The maximum atomic E-state index is 5.72. The molecule has 0 bridgehead atoms. The fourth-order valence-corrected chi connectivity index (χ4v) is 1.85. The molecule has 78 valence electrons. The van der Waals surface area contributed by atoms with Crippen molar-refractivity contribution in [3.8, 4) is 5.69 Å². The molecule has 0 aliphatic rings. The molecule has 0 aliphatic carbocycles. The van der Waals surface area contributed by atoms with Gasteiger partial charge in [-0.25, -0.2) is 4.68 Å². The van der Waals surface area contributed by atoms with Crippen molar-refractivity contribution in [3.05, 3.63) is 34.4 Å². The molecular formula is C10H11BrN4. The molecule has 1 aromatic carbocycles. The molecule has 1 heterocycles. The van der Waals surface area contributed by atoms with Crippen molar-refractivity contribution in [1.82, 2.24) is 15.0 Å². The Morgan fingerprint density at radius 2 is 2.27 bits per heavy atom. The monoisotopic (exact) mass is 266 g/mol. The summed E-state index contributed by atoms with van der Waals surface area (Å²) in [5, 5.41) is 7.89. The van der Waals surface area contributed by atoms with Crippen LogP contribution in [-0.4, -0.2) is 15.0 Å². The van der Waals surface area contributed by atoms with Crippen LogP contribution in [0.2, 0.25) is 0 Å². The molecule has 0 amide bonds. The summed E-state index contributed by atoms with van der Waals surface area (Å²) in [4.78, 5) is 0. The van der Waals surface area contributed by atoms with Crippen LogP contribution < -0.4 is 5.73 Å². The van der Waals surface area contributed by atoms with Crippen molar-refractivity contribution >= 4 is 21.7 Å². The number of nitrogens with zero attached hydrogens (tertiary/aromatic N) is 3. The van der Waals surface area contributed by atoms with Gasteiger partial charge in [0.15, 0.2) is 5.82 Å². The van der Waals surface area contributed by atoms with Gasteiger partial charge in [0.1, 0.15) is 0 Å². The Kier molecular flexibility index (Phi) is 2.73. The number of aromatic nitrogens is 3. The van der Waals surface area contributed by atoms with Gasteiger partial charge in [0.2, 0.25) is 0 Å². The van der Waals surface area contributed by atoms with E-state index in [1.54, 1.807) is 4.68 Å². The van der Waals surface area contributed by atoms with E-state index in [4.69, 9.17) is 5.73 Å². The van der Waals surface area contributed by atoms with E-state index in [2.05, 4.69) is 26.2 Å². The molecule has 2 rings (SSSR count). The zero-order chi connectivity index (χ0) is 10.8. The van der Waals surface area contributed by atoms with Crippen LogP contribution in [0.5, 0.6) is 0 Å². The molecule has 0 unspecified atom stereocenters. The van der Waals surface area contributed by atoms with Crippen LogP contribution in [-0.2, 0) is 6.42 Å². The van der Waals surface area contributed by atoms with Crippen LogP contribution in [0.3, 0.4) is 0 Å². The Hall–Kier alpha value is -1.36. The Bertz CT molecular complexity index is 478. The minimum absolute atomic E-state index is 0.498. The van der Waals surface area contributed by atoms with E-state index < -0.39 is 0 Å². The lowest BCUT2D eigenvalue weighted by Gasteiger charge is -2.04. The topological polar surface area (TPSA) is 56.7 Å². The maximum absolute atomic E-state index is 5.72. The van der Waals surface area contributed by atoms with Gasteiger partial charge in [-0.3, -0.25) is 0 Å². The van der Waals surface area contributed by atoms with Gasteiger partial charge >= 0.3 is 0 Å². The number of nitrogens with two attached hydrogens (primary N) is 1.